The number of hydrogen-bond donors (Lipinski definition) is 2. The van der Waals surface area contributed by atoms with Gasteiger partial charge in [-0.05, 0) is 30.9 Å². The minimum Gasteiger partial charge on any atom is -0.341 e. The SMILES string of the molecule is CN(CCCC1CC(c2ccccc2)NN1)C(=O)c1ccc([N+](=O)[O-])s1. The predicted molar refractivity (Wildman–Crippen MR) is 101 cm³/mol. The van der Waals surface area contributed by atoms with E-state index in [1.54, 1.807) is 11.9 Å². The second-order valence-corrected chi connectivity index (χ2v) is 7.51. The topological polar surface area (TPSA) is 87.5 Å². The summed E-state index contributed by atoms with van der Waals surface area (Å²) in [6, 6.07) is 13.9. The van der Waals surface area contributed by atoms with Gasteiger partial charge in [0.2, 0.25) is 0 Å². The highest BCUT2D eigenvalue weighted by molar-refractivity contribution is 7.17. The molecular formula is C18H22N4O3S. The van der Waals surface area contributed by atoms with Crippen molar-refractivity contribution in [1.29, 1.82) is 0 Å². The van der Waals surface area contributed by atoms with Gasteiger partial charge in [-0.2, -0.15) is 0 Å². The van der Waals surface area contributed by atoms with E-state index in [0.29, 0.717) is 23.5 Å². The first-order valence-corrected chi connectivity index (χ1v) is 9.42. The van der Waals surface area contributed by atoms with Gasteiger partial charge in [-0.25, -0.2) is 0 Å². The van der Waals surface area contributed by atoms with Gasteiger partial charge in [0, 0.05) is 31.7 Å². The van der Waals surface area contributed by atoms with Crippen LogP contribution in [0.3, 0.4) is 0 Å². The highest BCUT2D eigenvalue weighted by atomic mass is 32.1. The summed E-state index contributed by atoms with van der Waals surface area (Å²) >= 11 is 0.921. The Balaban J connectivity index is 1.43. The fraction of sp³-hybridized carbons (Fsp3) is 0.389. The van der Waals surface area contributed by atoms with Crippen molar-refractivity contribution in [3.05, 3.63) is 63.0 Å². The van der Waals surface area contributed by atoms with Gasteiger partial charge in [0.1, 0.15) is 0 Å². The zero-order chi connectivity index (χ0) is 18.5. The lowest BCUT2D eigenvalue weighted by Gasteiger charge is -2.17. The highest BCUT2D eigenvalue weighted by Crippen LogP contribution is 2.26. The Bertz CT molecular complexity index is 765. The van der Waals surface area contributed by atoms with Crippen molar-refractivity contribution in [3.8, 4) is 0 Å². The van der Waals surface area contributed by atoms with Gasteiger partial charge < -0.3 is 4.90 Å². The smallest absolute Gasteiger partial charge is 0.324 e. The number of amides is 1. The predicted octanol–water partition coefficient (Wildman–Crippen LogP) is 3.12. The monoisotopic (exact) mass is 374 g/mol. The number of thiophene rings is 1. The second-order valence-electron chi connectivity index (χ2n) is 6.45. The quantitative estimate of drug-likeness (QED) is 0.574. The summed E-state index contributed by atoms with van der Waals surface area (Å²) in [5, 5.41) is 10.7. The molecule has 2 atom stereocenters. The number of nitrogens with one attached hydrogen (secondary N) is 2. The van der Waals surface area contributed by atoms with Gasteiger partial charge in [-0.1, -0.05) is 41.7 Å². The van der Waals surface area contributed by atoms with E-state index < -0.39 is 4.92 Å². The Morgan fingerprint density at radius 1 is 1.27 bits per heavy atom. The lowest BCUT2D eigenvalue weighted by molar-refractivity contribution is -0.380. The first-order chi connectivity index (χ1) is 12.5. The third-order valence-corrected chi connectivity index (χ3v) is 5.58. The van der Waals surface area contributed by atoms with E-state index in [2.05, 4.69) is 23.0 Å². The summed E-state index contributed by atoms with van der Waals surface area (Å²) in [6.45, 7) is 0.624. The van der Waals surface area contributed by atoms with Gasteiger partial charge >= 0.3 is 5.00 Å². The molecule has 1 aliphatic rings. The van der Waals surface area contributed by atoms with E-state index in [1.807, 2.05) is 18.2 Å². The molecule has 2 N–H and O–H groups in total. The van der Waals surface area contributed by atoms with E-state index >= 15 is 0 Å². The van der Waals surface area contributed by atoms with E-state index in [-0.39, 0.29) is 10.9 Å². The molecule has 0 bridgehead atoms. The summed E-state index contributed by atoms with van der Waals surface area (Å²) in [5.41, 5.74) is 7.93. The molecule has 2 unspecified atom stereocenters. The minimum absolute atomic E-state index is 0.00469. The largest absolute Gasteiger partial charge is 0.341 e. The lowest BCUT2D eigenvalue weighted by atomic mass is 10.00. The molecule has 0 saturated carbocycles. The molecule has 0 radical (unpaired) electrons. The maximum atomic E-state index is 12.3. The van der Waals surface area contributed by atoms with E-state index in [0.717, 1.165) is 30.6 Å². The summed E-state index contributed by atoms with van der Waals surface area (Å²) in [7, 11) is 1.74. The minimum atomic E-state index is -0.469. The molecule has 1 aromatic heterocycles. The first-order valence-electron chi connectivity index (χ1n) is 8.60. The fourth-order valence-electron chi connectivity index (χ4n) is 3.12. The highest BCUT2D eigenvalue weighted by Gasteiger charge is 2.25. The number of hydrazine groups is 1. The molecule has 2 aromatic rings. The second kappa shape index (κ2) is 8.39. The third-order valence-electron chi connectivity index (χ3n) is 4.56. The molecule has 1 fully saturated rings. The molecule has 7 nitrogen and oxygen atoms in total. The van der Waals surface area contributed by atoms with Crippen molar-refractivity contribution < 1.29 is 9.72 Å². The first kappa shape index (κ1) is 18.5. The number of carbonyl (C=O) groups is 1. The Morgan fingerprint density at radius 3 is 2.73 bits per heavy atom. The standard InChI is InChI=1S/C18H22N4O3S/c1-21(18(23)16-9-10-17(26-16)22(24)25)11-5-8-14-12-15(20-19-14)13-6-3-2-4-7-13/h2-4,6-7,9-10,14-15,19-20H,5,8,11-12H2,1H3. The van der Waals surface area contributed by atoms with Crippen molar-refractivity contribution >= 4 is 22.2 Å². The van der Waals surface area contributed by atoms with Gasteiger partial charge in [0.15, 0.2) is 0 Å². The molecule has 3 rings (SSSR count). The molecule has 2 heterocycles. The molecule has 0 aliphatic carbocycles. The van der Waals surface area contributed by atoms with Crippen molar-refractivity contribution in [1.82, 2.24) is 15.8 Å². The maximum absolute atomic E-state index is 12.3. The van der Waals surface area contributed by atoms with Crippen LogP contribution in [0.25, 0.3) is 0 Å². The van der Waals surface area contributed by atoms with Gasteiger partial charge in [-0.15, -0.1) is 0 Å². The van der Waals surface area contributed by atoms with E-state index in [9.17, 15) is 14.9 Å². The molecule has 1 aromatic carbocycles. The van der Waals surface area contributed by atoms with E-state index in [4.69, 9.17) is 0 Å². The number of nitro groups is 1. The summed E-state index contributed by atoms with van der Waals surface area (Å²) < 4.78 is 0. The molecule has 0 spiro atoms. The number of hydrogen-bond acceptors (Lipinski definition) is 6. The van der Waals surface area contributed by atoms with Crippen molar-refractivity contribution in [2.24, 2.45) is 0 Å². The van der Waals surface area contributed by atoms with Crippen LogP contribution in [0.15, 0.2) is 42.5 Å². The molecular weight excluding hydrogens is 352 g/mol. The van der Waals surface area contributed by atoms with Crippen LogP contribution >= 0.6 is 11.3 Å². The van der Waals surface area contributed by atoms with Crippen LogP contribution < -0.4 is 10.9 Å². The Kier molecular flexibility index (Phi) is 5.97. The van der Waals surface area contributed by atoms with Crippen molar-refractivity contribution in [2.75, 3.05) is 13.6 Å². The zero-order valence-corrected chi connectivity index (χ0v) is 15.4. The Hall–Kier alpha value is -2.29. The van der Waals surface area contributed by atoms with Gasteiger partial charge in [-0.3, -0.25) is 25.8 Å². The molecule has 1 amide bonds. The average molecular weight is 374 g/mol. The lowest BCUT2D eigenvalue weighted by Crippen LogP contribution is -2.32. The Morgan fingerprint density at radius 2 is 2.04 bits per heavy atom. The maximum Gasteiger partial charge on any atom is 0.324 e. The van der Waals surface area contributed by atoms with Gasteiger partial charge in [0.05, 0.1) is 9.80 Å². The average Bonchev–Trinajstić information content (AvgIpc) is 3.31. The zero-order valence-electron chi connectivity index (χ0n) is 14.6. The molecule has 1 aliphatic heterocycles. The summed E-state index contributed by atoms with van der Waals surface area (Å²) in [4.78, 5) is 24.6. The number of rotatable bonds is 7. The van der Waals surface area contributed by atoms with Crippen LogP contribution in [0, 0.1) is 10.1 Å². The fourth-order valence-corrected chi connectivity index (χ4v) is 3.94. The van der Waals surface area contributed by atoms with Gasteiger partial charge in [0.25, 0.3) is 5.91 Å². The molecule has 8 heteroatoms. The molecule has 138 valence electrons. The molecule has 1 saturated heterocycles. The van der Waals surface area contributed by atoms with Crippen LogP contribution in [0.2, 0.25) is 0 Å². The van der Waals surface area contributed by atoms with Crippen LogP contribution in [0.1, 0.15) is 40.5 Å². The molecule has 26 heavy (non-hydrogen) atoms. The van der Waals surface area contributed by atoms with Crippen LogP contribution in [-0.2, 0) is 0 Å². The summed E-state index contributed by atoms with van der Waals surface area (Å²) in [6.07, 6.45) is 2.84. The normalized spacial score (nSPS) is 19.4. The third kappa shape index (κ3) is 4.46. The number of benzene rings is 1. The van der Waals surface area contributed by atoms with Crippen molar-refractivity contribution in [2.45, 2.75) is 31.3 Å². The van der Waals surface area contributed by atoms with Crippen LogP contribution in [0.5, 0.6) is 0 Å². The summed E-state index contributed by atoms with van der Waals surface area (Å²) in [5.74, 6) is -0.164. The van der Waals surface area contributed by atoms with Crippen molar-refractivity contribution in [3.63, 3.8) is 0 Å². The Labute approximate surface area is 156 Å². The number of carbonyl (C=O) groups excluding carboxylic acids is 1. The van der Waals surface area contributed by atoms with Crippen LogP contribution in [0.4, 0.5) is 5.00 Å². The van der Waals surface area contributed by atoms with Crippen LogP contribution in [-0.4, -0.2) is 35.4 Å². The van der Waals surface area contributed by atoms with E-state index in [1.165, 1.54) is 17.7 Å². The number of nitrogens with zero attached hydrogens (tertiary/aromatic N) is 2.